The average Bonchev–Trinajstić information content (AvgIpc) is 3.48. The van der Waals surface area contributed by atoms with Crippen molar-refractivity contribution in [3.05, 3.63) is 47.7 Å². The molecule has 226 valence electrons. The molecule has 3 aliphatic heterocycles. The summed E-state index contributed by atoms with van der Waals surface area (Å²) < 4.78 is 57.8. The van der Waals surface area contributed by atoms with E-state index in [1.54, 1.807) is 13.0 Å². The highest BCUT2D eigenvalue weighted by Gasteiger charge is 2.49. The molecule has 0 saturated carbocycles. The monoisotopic (exact) mass is 593 g/mol. The fourth-order valence-electron chi connectivity index (χ4n) is 7.31. The summed E-state index contributed by atoms with van der Waals surface area (Å²) in [7, 11) is 0. The fraction of sp³-hybridized carbons (Fsp3) is 0.469. The van der Waals surface area contributed by atoms with Crippen molar-refractivity contribution in [2.75, 3.05) is 37.7 Å². The van der Waals surface area contributed by atoms with Crippen molar-refractivity contribution in [2.24, 2.45) is 0 Å². The Balaban J connectivity index is 1.37. The number of aromatic nitrogens is 3. The molecule has 1 N–H and O–H groups in total. The lowest BCUT2D eigenvalue weighted by Crippen LogP contribution is -2.46. The number of fused-ring (bicyclic) bond motifs is 3. The highest BCUT2D eigenvalue weighted by Crippen LogP contribution is 2.42. The Morgan fingerprint density at radius 2 is 1.91 bits per heavy atom. The summed E-state index contributed by atoms with van der Waals surface area (Å²) in [6.07, 6.45) is 2.60. The zero-order chi connectivity index (χ0) is 30.0. The molecule has 0 amide bonds. The van der Waals surface area contributed by atoms with Gasteiger partial charge < -0.3 is 19.5 Å². The van der Waals surface area contributed by atoms with Crippen molar-refractivity contribution in [3.8, 4) is 23.0 Å². The van der Waals surface area contributed by atoms with Crippen LogP contribution in [0.3, 0.4) is 0 Å². The topological polar surface area (TPSA) is 83.8 Å². The largest absolute Gasteiger partial charge is 0.508 e. The first kappa shape index (κ1) is 28.1. The molecule has 3 aliphatic rings. The molecule has 0 aliphatic carbocycles. The minimum absolute atomic E-state index is 0.00193. The number of morpholine rings is 1. The van der Waals surface area contributed by atoms with Crippen LogP contribution >= 0.6 is 0 Å². The lowest BCUT2D eigenvalue weighted by Gasteiger charge is -2.36. The Kier molecular flexibility index (Phi) is 6.85. The molecule has 43 heavy (non-hydrogen) atoms. The number of rotatable bonds is 5. The van der Waals surface area contributed by atoms with Crippen LogP contribution in [0.2, 0.25) is 0 Å². The number of ether oxygens (including phenoxy) is 2. The minimum atomic E-state index is -0.912. The summed E-state index contributed by atoms with van der Waals surface area (Å²) >= 11 is 0. The Hall–Kier alpha value is -3.70. The van der Waals surface area contributed by atoms with Crippen LogP contribution in [0.25, 0.3) is 32.9 Å². The number of aryl methyl sites for hydroxylation is 1. The van der Waals surface area contributed by atoms with Gasteiger partial charge in [0.05, 0.1) is 23.1 Å². The molecule has 3 fully saturated rings. The maximum absolute atomic E-state index is 16.6. The summed E-state index contributed by atoms with van der Waals surface area (Å²) in [5.41, 5.74) is 0.0730. The zero-order valence-corrected chi connectivity index (χ0v) is 24.4. The molecule has 4 atom stereocenters. The molecule has 3 saturated heterocycles. The standard InChI is InChI=1S/C32H34F3N5O3/c1-17-13-39(14-18(2)43-17)30-24-12-36-28(23-10-22(41)9-20-5-6-25(34)19(3)26(20)23)27(35)29(24)37-31(38-30)42-16-32-7-4-8-40(32)15-21(33)11-32/h5-6,9-10,12,17-18,21,41H,4,7-8,11,13-16H2,1-3H3. The number of anilines is 1. The van der Waals surface area contributed by atoms with Gasteiger partial charge in [0.25, 0.3) is 0 Å². The number of aromatic hydroxyl groups is 1. The second-order valence-electron chi connectivity index (χ2n) is 12.3. The van der Waals surface area contributed by atoms with Gasteiger partial charge in [-0.1, -0.05) is 6.07 Å². The van der Waals surface area contributed by atoms with Crippen LogP contribution in [0.1, 0.15) is 38.7 Å². The number of hydrogen-bond donors (Lipinski definition) is 1. The second-order valence-corrected chi connectivity index (χ2v) is 12.3. The first-order valence-corrected chi connectivity index (χ1v) is 14.8. The van der Waals surface area contributed by atoms with E-state index in [2.05, 4.69) is 14.9 Å². The molecular weight excluding hydrogens is 559 g/mol. The van der Waals surface area contributed by atoms with Crippen LogP contribution in [-0.4, -0.2) is 81.7 Å². The summed E-state index contributed by atoms with van der Waals surface area (Å²) in [6, 6.07) is 5.76. The molecule has 2 aromatic heterocycles. The van der Waals surface area contributed by atoms with Crippen molar-refractivity contribution in [1.29, 1.82) is 0 Å². The Labute approximate surface area is 247 Å². The number of hydrogen-bond acceptors (Lipinski definition) is 8. The molecule has 11 heteroatoms. The Morgan fingerprint density at radius 1 is 1.12 bits per heavy atom. The van der Waals surface area contributed by atoms with Crippen molar-refractivity contribution in [2.45, 2.75) is 64.0 Å². The second kappa shape index (κ2) is 10.5. The highest BCUT2D eigenvalue weighted by atomic mass is 19.1. The third-order valence-corrected chi connectivity index (χ3v) is 9.14. The van der Waals surface area contributed by atoms with E-state index in [0.29, 0.717) is 53.6 Å². The van der Waals surface area contributed by atoms with Gasteiger partial charge in [-0.15, -0.1) is 0 Å². The van der Waals surface area contributed by atoms with Gasteiger partial charge in [-0.3, -0.25) is 9.88 Å². The summed E-state index contributed by atoms with van der Waals surface area (Å²) in [5, 5.41) is 11.9. The highest BCUT2D eigenvalue weighted by molar-refractivity contribution is 6.01. The molecule has 0 spiro atoms. The fourth-order valence-corrected chi connectivity index (χ4v) is 7.31. The van der Waals surface area contributed by atoms with E-state index in [1.807, 2.05) is 18.7 Å². The van der Waals surface area contributed by atoms with Crippen molar-refractivity contribution in [1.82, 2.24) is 19.9 Å². The number of nitrogens with zero attached hydrogens (tertiary/aromatic N) is 5. The van der Waals surface area contributed by atoms with Crippen LogP contribution < -0.4 is 9.64 Å². The molecule has 8 nitrogen and oxygen atoms in total. The van der Waals surface area contributed by atoms with E-state index in [1.165, 1.54) is 24.4 Å². The minimum Gasteiger partial charge on any atom is -0.508 e. The van der Waals surface area contributed by atoms with Crippen molar-refractivity contribution >= 4 is 27.5 Å². The van der Waals surface area contributed by atoms with E-state index >= 15 is 4.39 Å². The van der Waals surface area contributed by atoms with E-state index in [-0.39, 0.29) is 47.3 Å². The molecule has 4 aromatic rings. The van der Waals surface area contributed by atoms with Gasteiger partial charge in [-0.25, -0.2) is 13.2 Å². The predicted octanol–water partition coefficient (Wildman–Crippen LogP) is 5.71. The maximum atomic E-state index is 16.6. The van der Waals surface area contributed by atoms with Crippen molar-refractivity contribution in [3.63, 3.8) is 0 Å². The van der Waals surface area contributed by atoms with Gasteiger partial charge in [-0.05, 0) is 74.7 Å². The summed E-state index contributed by atoms with van der Waals surface area (Å²) in [6.45, 7) is 8.00. The van der Waals surface area contributed by atoms with Crippen LogP contribution in [0.4, 0.5) is 19.0 Å². The average molecular weight is 594 g/mol. The van der Waals surface area contributed by atoms with Gasteiger partial charge in [0.2, 0.25) is 0 Å². The van der Waals surface area contributed by atoms with Crippen LogP contribution in [0.5, 0.6) is 11.8 Å². The Bertz CT molecular complexity index is 1730. The third-order valence-electron chi connectivity index (χ3n) is 9.14. The first-order chi connectivity index (χ1) is 20.6. The third kappa shape index (κ3) is 4.82. The van der Waals surface area contributed by atoms with Crippen LogP contribution in [0.15, 0.2) is 30.5 Å². The molecule has 7 rings (SSSR count). The van der Waals surface area contributed by atoms with Crippen LogP contribution in [-0.2, 0) is 4.74 Å². The smallest absolute Gasteiger partial charge is 0.319 e. The van der Waals surface area contributed by atoms with E-state index in [9.17, 15) is 13.9 Å². The lowest BCUT2D eigenvalue weighted by atomic mass is 9.95. The van der Waals surface area contributed by atoms with Gasteiger partial charge in [-0.2, -0.15) is 9.97 Å². The zero-order valence-electron chi connectivity index (χ0n) is 24.4. The predicted molar refractivity (Wildman–Crippen MR) is 157 cm³/mol. The molecule has 0 radical (unpaired) electrons. The number of alkyl halides is 1. The summed E-state index contributed by atoms with van der Waals surface area (Å²) in [4.78, 5) is 17.9. The van der Waals surface area contributed by atoms with Gasteiger partial charge >= 0.3 is 6.01 Å². The normalized spacial score (nSPS) is 26.0. The van der Waals surface area contributed by atoms with E-state index in [4.69, 9.17) is 14.5 Å². The molecule has 4 unspecified atom stereocenters. The number of phenolic OH excluding ortho intramolecular Hbond substituents is 1. The molecule has 0 bridgehead atoms. The Morgan fingerprint density at radius 3 is 2.70 bits per heavy atom. The number of benzene rings is 2. The van der Waals surface area contributed by atoms with Gasteiger partial charge in [0.15, 0.2) is 5.82 Å². The van der Waals surface area contributed by atoms with E-state index < -0.39 is 23.3 Å². The summed E-state index contributed by atoms with van der Waals surface area (Å²) in [5.74, 6) is -0.805. The molecule has 2 aromatic carbocycles. The lowest BCUT2D eigenvalue weighted by molar-refractivity contribution is -0.00542. The quantitative estimate of drug-likeness (QED) is 0.315. The van der Waals surface area contributed by atoms with E-state index in [0.717, 1.165) is 19.4 Å². The first-order valence-electron chi connectivity index (χ1n) is 14.8. The molecular formula is C32H34F3N5O3. The number of pyridine rings is 1. The SMILES string of the molecule is Cc1c(F)ccc2cc(O)cc(-c3ncc4c(N5CC(C)OC(C)C5)nc(OCC56CCCN5CC(F)C6)nc4c3F)c12. The van der Waals surface area contributed by atoms with Gasteiger partial charge in [0.1, 0.15) is 41.4 Å². The number of halogens is 3. The van der Waals surface area contributed by atoms with Crippen molar-refractivity contribution < 1.29 is 27.8 Å². The van der Waals surface area contributed by atoms with Gasteiger partial charge in [0, 0.05) is 37.8 Å². The molecule has 5 heterocycles. The number of phenols is 1. The van der Waals surface area contributed by atoms with Crippen LogP contribution in [0, 0.1) is 18.6 Å². The maximum Gasteiger partial charge on any atom is 0.319 e.